The molecule has 0 atom stereocenters. The third-order valence-electron chi connectivity index (χ3n) is 3.73. The molecule has 0 spiro atoms. The number of H-pyrrole nitrogens is 1. The molecule has 0 saturated heterocycles. The van der Waals surface area contributed by atoms with Crippen LogP contribution in [0.3, 0.4) is 0 Å². The lowest BCUT2D eigenvalue weighted by atomic mass is 10.1. The maximum Gasteiger partial charge on any atom is 0.258 e. The fourth-order valence-electron chi connectivity index (χ4n) is 2.47. The molecule has 3 rings (SSSR count). The van der Waals surface area contributed by atoms with E-state index in [1.54, 1.807) is 12.1 Å². The normalized spacial score (nSPS) is 11.6. The highest BCUT2D eigenvalue weighted by Gasteiger charge is 2.04. The van der Waals surface area contributed by atoms with Crippen LogP contribution in [0, 0.1) is 5.41 Å². The molecule has 5 heteroatoms. The van der Waals surface area contributed by atoms with E-state index in [9.17, 15) is 4.79 Å². The number of aromatic amines is 1. The summed E-state index contributed by atoms with van der Waals surface area (Å²) in [4.78, 5) is 19.3. The second-order valence-electron chi connectivity index (χ2n) is 5.53. The van der Waals surface area contributed by atoms with Crippen molar-refractivity contribution in [2.45, 2.75) is 12.8 Å². The number of nitrogens with two attached hydrogens (primary N) is 1. The molecule has 120 valence electrons. The number of fused-ring (bicyclic) bond motifs is 1. The average Bonchev–Trinajstić information content (AvgIpc) is 2.61. The highest BCUT2D eigenvalue weighted by molar-refractivity contribution is 6.06. The summed E-state index contributed by atoms with van der Waals surface area (Å²) < 4.78 is 0. The summed E-state index contributed by atoms with van der Waals surface area (Å²) in [6.45, 7) is 0. The largest absolute Gasteiger partial charge is 0.402 e. The lowest BCUT2D eigenvalue weighted by molar-refractivity contribution is 0.845. The van der Waals surface area contributed by atoms with Gasteiger partial charge in [0.2, 0.25) is 0 Å². The first-order valence-electron chi connectivity index (χ1n) is 7.71. The molecule has 0 saturated carbocycles. The van der Waals surface area contributed by atoms with E-state index in [0.29, 0.717) is 41.0 Å². The maximum atomic E-state index is 12.0. The lowest BCUT2D eigenvalue weighted by Crippen LogP contribution is -2.13. The van der Waals surface area contributed by atoms with Crippen molar-refractivity contribution < 1.29 is 0 Å². The van der Waals surface area contributed by atoms with E-state index in [1.165, 1.54) is 0 Å². The van der Waals surface area contributed by atoms with Crippen LogP contribution in [-0.4, -0.2) is 15.7 Å². The van der Waals surface area contributed by atoms with Gasteiger partial charge in [-0.05, 0) is 30.2 Å². The number of hydrogen-bond acceptors (Lipinski definition) is 4. The summed E-state index contributed by atoms with van der Waals surface area (Å²) in [7, 11) is 0. The molecule has 1 heterocycles. The molecule has 2 aromatic carbocycles. The van der Waals surface area contributed by atoms with Gasteiger partial charge in [-0.3, -0.25) is 4.79 Å². The first-order chi connectivity index (χ1) is 11.6. The summed E-state index contributed by atoms with van der Waals surface area (Å²) in [5, 5.41) is 8.63. The summed E-state index contributed by atoms with van der Waals surface area (Å²) in [5.41, 5.74) is 8.31. The van der Waals surface area contributed by atoms with Crippen molar-refractivity contribution in [2.24, 2.45) is 5.73 Å². The van der Waals surface area contributed by atoms with E-state index in [2.05, 4.69) is 9.97 Å². The predicted octanol–water partition coefficient (Wildman–Crippen LogP) is 2.77. The zero-order valence-corrected chi connectivity index (χ0v) is 13.1. The predicted molar refractivity (Wildman–Crippen MR) is 96.2 cm³/mol. The van der Waals surface area contributed by atoms with Crippen LogP contribution in [0.5, 0.6) is 0 Å². The summed E-state index contributed by atoms with van der Waals surface area (Å²) in [6.07, 6.45) is 2.69. The van der Waals surface area contributed by atoms with Gasteiger partial charge in [-0.25, -0.2) is 4.98 Å². The monoisotopic (exact) mass is 318 g/mol. The van der Waals surface area contributed by atoms with Gasteiger partial charge in [-0.1, -0.05) is 42.5 Å². The van der Waals surface area contributed by atoms with Crippen molar-refractivity contribution in [3.63, 3.8) is 0 Å². The number of allylic oxidation sites excluding steroid dienone is 2. The molecule has 4 N–H and O–H groups in total. The van der Waals surface area contributed by atoms with Gasteiger partial charge in [0.25, 0.3) is 5.56 Å². The number of nitrogens with one attached hydrogen (secondary N) is 2. The minimum Gasteiger partial charge on any atom is -0.402 e. The Labute approximate surface area is 139 Å². The minimum absolute atomic E-state index is 0.143. The van der Waals surface area contributed by atoms with E-state index < -0.39 is 0 Å². The maximum absolute atomic E-state index is 12.0. The molecule has 5 nitrogen and oxygen atoms in total. The lowest BCUT2D eigenvalue weighted by Gasteiger charge is -2.05. The van der Waals surface area contributed by atoms with Crippen LogP contribution in [-0.2, 0) is 6.42 Å². The van der Waals surface area contributed by atoms with E-state index in [0.717, 1.165) is 5.56 Å². The number of nitrogens with zero attached hydrogens (tertiary/aromatic N) is 1. The van der Waals surface area contributed by atoms with Gasteiger partial charge in [0.05, 0.1) is 16.6 Å². The van der Waals surface area contributed by atoms with E-state index in [4.69, 9.17) is 11.1 Å². The van der Waals surface area contributed by atoms with Crippen LogP contribution in [0.1, 0.15) is 17.8 Å². The Morgan fingerprint density at radius 3 is 2.62 bits per heavy atom. The van der Waals surface area contributed by atoms with Gasteiger partial charge in [-0.15, -0.1) is 0 Å². The van der Waals surface area contributed by atoms with Gasteiger partial charge < -0.3 is 16.1 Å². The molecule has 0 amide bonds. The molecular formula is C19H18N4O. The zero-order valence-electron chi connectivity index (χ0n) is 13.1. The van der Waals surface area contributed by atoms with Gasteiger partial charge in [0.15, 0.2) is 0 Å². The van der Waals surface area contributed by atoms with Gasteiger partial charge in [0.1, 0.15) is 5.82 Å². The Bertz CT molecular complexity index is 958. The SMILES string of the molecule is N=C(/C=C(\N)CCc1nc2ccccc2c(=O)[nH]1)c1ccccc1. The Balaban J connectivity index is 1.72. The second-order valence-corrected chi connectivity index (χ2v) is 5.53. The molecule has 0 aliphatic heterocycles. The molecule has 24 heavy (non-hydrogen) atoms. The van der Waals surface area contributed by atoms with E-state index >= 15 is 0 Å². The molecule has 3 aromatic rings. The standard InChI is InChI=1S/C19H18N4O/c20-14(12-16(21)13-6-2-1-3-7-13)10-11-18-22-17-9-5-4-8-15(17)19(24)23-18/h1-9,12,21H,10-11,20H2,(H,22,23,24)/b14-12-,21-16?. The molecule has 0 aliphatic rings. The number of aromatic nitrogens is 2. The average molecular weight is 318 g/mol. The van der Waals surface area contributed by atoms with Crippen LogP contribution >= 0.6 is 0 Å². The first kappa shape index (κ1) is 15.7. The quantitative estimate of drug-likeness (QED) is 0.631. The smallest absolute Gasteiger partial charge is 0.258 e. The summed E-state index contributed by atoms with van der Waals surface area (Å²) in [6, 6.07) is 16.7. The van der Waals surface area contributed by atoms with Crippen molar-refractivity contribution in [1.82, 2.24) is 9.97 Å². The third kappa shape index (κ3) is 3.57. The third-order valence-corrected chi connectivity index (χ3v) is 3.73. The van der Waals surface area contributed by atoms with Crippen LogP contribution in [0.15, 0.2) is 71.2 Å². The van der Waals surface area contributed by atoms with Gasteiger partial charge in [0, 0.05) is 12.1 Å². The van der Waals surface area contributed by atoms with Crippen molar-refractivity contribution in [1.29, 1.82) is 5.41 Å². The van der Waals surface area contributed by atoms with E-state index in [-0.39, 0.29) is 5.56 Å². The highest BCUT2D eigenvalue weighted by Crippen LogP contribution is 2.09. The summed E-state index contributed by atoms with van der Waals surface area (Å²) >= 11 is 0. The van der Waals surface area contributed by atoms with Crippen molar-refractivity contribution in [2.75, 3.05) is 0 Å². The molecule has 0 bridgehead atoms. The molecule has 1 aromatic heterocycles. The Hall–Kier alpha value is -3.21. The van der Waals surface area contributed by atoms with Crippen molar-refractivity contribution in [3.8, 4) is 0 Å². The molecule has 0 radical (unpaired) electrons. The molecule has 0 aliphatic carbocycles. The Kier molecular flexibility index (Phi) is 4.52. The van der Waals surface area contributed by atoms with Crippen LogP contribution in [0.4, 0.5) is 0 Å². The minimum atomic E-state index is -0.143. The second kappa shape index (κ2) is 6.91. The number of para-hydroxylation sites is 1. The van der Waals surface area contributed by atoms with E-state index in [1.807, 2.05) is 48.5 Å². The molecule has 0 unspecified atom stereocenters. The fraction of sp³-hybridized carbons (Fsp3) is 0.105. The highest BCUT2D eigenvalue weighted by atomic mass is 16.1. The van der Waals surface area contributed by atoms with Crippen molar-refractivity contribution in [3.05, 3.63) is 88.1 Å². The first-order valence-corrected chi connectivity index (χ1v) is 7.71. The number of benzene rings is 2. The fourth-order valence-corrected chi connectivity index (χ4v) is 2.47. The number of hydrogen-bond donors (Lipinski definition) is 3. The summed E-state index contributed by atoms with van der Waals surface area (Å²) in [5.74, 6) is 0.598. The molecule has 0 fully saturated rings. The van der Waals surface area contributed by atoms with Crippen LogP contribution in [0.2, 0.25) is 0 Å². The van der Waals surface area contributed by atoms with Gasteiger partial charge in [-0.2, -0.15) is 0 Å². The molecular weight excluding hydrogens is 300 g/mol. The topological polar surface area (TPSA) is 95.6 Å². The van der Waals surface area contributed by atoms with Crippen LogP contribution < -0.4 is 11.3 Å². The Morgan fingerprint density at radius 2 is 1.83 bits per heavy atom. The number of rotatable bonds is 5. The Morgan fingerprint density at radius 1 is 1.12 bits per heavy atom. The number of aryl methyl sites for hydroxylation is 1. The van der Waals surface area contributed by atoms with Crippen LogP contribution in [0.25, 0.3) is 10.9 Å². The van der Waals surface area contributed by atoms with Crippen molar-refractivity contribution >= 4 is 16.6 Å². The van der Waals surface area contributed by atoms with Gasteiger partial charge >= 0.3 is 0 Å². The zero-order chi connectivity index (χ0) is 16.9.